The zero-order chi connectivity index (χ0) is 22.8. The molecule has 0 bridgehead atoms. The highest BCUT2D eigenvalue weighted by Crippen LogP contribution is 2.25. The molecule has 11 heteroatoms. The van der Waals surface area contributed by atoms with Crippen LogP contribution in [0.3, 0.4) is 0 Å². The quantitative estimate of drug-likeness (QED) is 0.465. The van der Waals surface area contributed by atoms with Crippen molar-refractivity contribution in [1.82, 2.24) is 4.72 Å². The van der Waals surface area contributed by atoms with Crippen LogP contribution in [0.2, 0.25) is 0 Å². The molecule has 164 valence electrons. The van der Waals surface area contributed by atoms with Gasteiger partial charge in [-0.3, -0.25) is 4.72 Å². The molecule has 31 heavy (non-hydrogen) atoms. The Bertz CT molecular complexity index is 1330. The van der Waals surface area contributed by atoms with E-state index < -0.39 is 26.0 Å². The van der Waals surface area contributed by atoms with E-state index in [1.165, 1.54) is 36.6 Å². The number of benzene rings is 2. The zero-order valence-electron chi connectivity index (χ0n) is 16.6. The number of aromatic carboxylic acids is 1. The molecule has 9 nitrogen and oxygen atoms in total. The van der Waals surface area contributed by atoms with Crippen LogP contribution in [0.25, 0.3) is 0 Å². The second kappa shape index (κ2) is 8.53. The maximum atomic E-state index is 12.9. The molecular weight excluding hydrogens is 444 g/mol. The van der Waals surface area contributed by atoms with E-state index in [0.717, 1.165) is 6.07 Å². The van der Waals surface area contributed by atoms with E-state index in [-0.39, 0.29) is 27.6 Å². The highest BCUT2D eigenvalue weighted by molar-refractivity contribution is 7.92. The van der Waals surface area contributed by atoms with Crippen LogP contribution in [0.1, 0.15) is 27.2 Å². The van der Waals surface area contributed by atoms with Gasteiger partial charge in [0.25, 0.3) is 10.0 Å². The minimum absolute atomic E-state index is 0.0126. The summed E-state index contributed by atoms with van der Waals surface area (Å²) in [4.78, 5) is 11.0. The highest BCUT2D eigenvalue weighted by atomic mass is 32.2. The maximum absolute atomic E-state index is 12.9. The minimum atomic E-state index is -4.18. The van der Waals surface area contributed by atoms with Gasteiger partial charge in [0.15, 0.2) is 0 Å². The molecule has 0 saturated carbocycles. The van der Waals surface area contributed by atoms with Gasteiger partial charge in [0.05, 0.1) is 33.8 Å². The lowest BCUT2D eigenvalue weighted by molar-refractivity contribution is 0.0696. The number of carboxylic acid groups (broad SMARTS) is 1. The van der Waals surface area contributed by atoms with Gasteiger partial charge < -0.3 is 9.52 Å². The molecule has 3 rings (SSSR count). The summed E-state index contributed by atoms with van der Waals surface area (Å²) >= 11 is 0. The summed E-state index contributed by atoms with van der Waals surface area (Å²) in [6.45, 7) is 3.11. The van der Waals surface area contributed by atoms with Crippen molar-refractivity contribution < 1.29 is 31.2 Å². The molecule has 0 spiro atoms. The monoisotopic (exact) mass is 464 g/mol. The Morgan fingerprint density at radius 2 is 1.74 bits per heavy atom. The third kappa shape index (κ3) is 5.13. The maximum Gasteiger partial charge on any atom is 0.335 e. The van der Waals surface area contributed by atoms with Gasteiger partial charge in [0.1, 0.15) is 5.76 Å². The first kappa shape index (κ1) is 22.5. The van der Waals surface area contributed by atoms with Crippen LogP contribution >= 0.6 is 0 Å². The van der Waals surface area contributed by atoms with E-state index >= 15 is 0 Å². The predicted octanol–water partition coefficient (Wildman–Crippen LogP) is 2.87. The minimum Gasteiger partial charge on any atom is -0.478 e. The molecule has 1 aromatic heterocycles. The molecular formula is C20H20N2O7S2. The summed E-state index contributed by atoms with van der Waals surface area (Å²) in [5.41, 5.74) is 0.737. The van der Waals surface area contributed by atoms with Crippen LogP contribution in [0, 0.1) is 13.8 Å². The van der Waals surface area contributed by atoms with Gasteiger partial charge in [-0.25, -0.2) is 26.4 Å². The van der Waals surface area contributed by atoms with Crippen molar-refractivity contribution >= 4 is 31.7 Å². The van der Waals surface area contributed by atoms with E-state index in [1.54, 1.807) is 26.0 Å². The first-order chi connectivity index (χ1) is 14.5. The molecule has 0 atom stereocenters. The molecule has 3 N–H and O–H groups in total. The summed E-state index contributed by atoms with van der Waals surface area (Å²) in [6, 6.07) is 11.0. The fourth-order valence-electron chi connectivity index (χ4n) is 2.83. The molecule has 2 aromatic carbocycles. The van der Waals surface area contributed by atoms with Crippen molar-refractivity contribution in [2.24, 2.45) is 0 Å². The number of anilines is 1. The van der Waals surface area contributed by atoms with E-state index in [9.17, 15) is 26.7 Å². The largest absolute Gasteiger partial charge is 0.478 e. The van der Waals surface area contributed by atoms with Gasteiger partial charge in [-0.15, -0.1) is 0 Å². The van der Waals surface area contributed by atoms with Crippen LogP contribution in [0.15, 0.2) is 69.0 Å². The Hall–Kier alpha value is -3.15. The fourth-order valence-corrected chi connectivity index (χ4v) is 5.26. The molecule has 0 aliphatic heterocycles. The van der Waals surface area contributed by atoms with E-state index in [0.29, 0.717) is 16.9 Å². The Morgan fingerprint density at radius 3 is 2.39 bits per heavy atom. The number of carbonyl (C=O) groups is 1. The normalized spacial score (nSPS) is 11.9. The molecule has 0 saturated heterocycles. The third-order valence-corrected chi connectivity index (χ3v) is 7.48. The second-order valence-electron chi connectivity index (χ2n) is 6.76. The molecule has 0 radical (unpaired) electrons. The van der Waals surface area contributed by atoms with Crippen molar-refractivity contribution in [1.29, 1.82) is 0 Å². The van der Waals surface area contributed by atoms with Crippen molar-refractivity contribution in [2.45, 2.75) is 30.2 Å². The summed E-state index contributed by atoms with van der Waals surface area (Å²) in [7, 11) is -8.11. The summed E-state index contributed by atoms with van der Waals surface area (Å²) in [5.74, 6) is -0.833. The Labute approximate surface area is 179 Å². The first-order valence-corrected chi connectivity index (χ1v) is 12.0. The lowest BCUT2D eigenvalue weighted by atomic mass is 10.1. The smallest absolute Gasteiger partial charge is 0.335 e. The van der Waals surface area contributed by atoms with Crippen LogP contribution in [0.4, 0.5) is 5.69 Å². The van der Waals surface area contributed by atoms with Crippen LogP contribution in [-0.4, -0.2) is 27.9 Å². The molecule has 0 amide bonds. The Morgan fingerprint density at radius 1 is 1.00 bits per heavy atom. The van der Waals surface area contributed by atoms with Gasteiger partial charge in [-0.2, -0.15) is 0 Å². The Balaban J connectivity index is 1.89. The molecule has 0 aliphatic rings. The number of aryl methyl sites for hydroxylation is 1. The van der Waals surface area contributed by atoms with Gasteiger partial charge >= 0.3 is 5.97 Å². The third-order valence-electron chi connectivity index (χ3n) is 4.57. The van der Waals surface area contributed by atoms with Gasteiger partial charge in [0.2, 0.25) is 10.0 Å². The van der Waals surface area contributed by atoms with Crippen LogP contribution < -0.4 is 9.44 Å². The topological polar surface area (TPSA) is 143 Å². The lowest BCUT2D eigenvalue weighted by Crippen LogP contribution is -2.23. The fraction of sp³-hybridized carbons (Fsp3) is 0.150. The number of nitrogens with one attached hydrogen (secondary N) is 2. The summed E-state index contributed by atoms with van der Waals surface area (Å²) in [5, 5.41) is 9.23. The predicted molar refractivity (Wildman–Crippen MR) is 113 cm³/mol. The van der Waals surface area contributed by atoms with E-state index in [4.69, 9.17) is 4.42 Å². The number of hydrogen-bond donors (Lipinski definition) is 3. The Kier molecular flexibility index (Phi) is 6.20. The van der Waals surface area contributed by atoms with Gasteiger partial charge in [-0.05, 0) is 67.4 Å². The number of hydrogen-bond acceptors (Lipinski definition) is 6. The standard InChI is InChI=1S/C20H20N2O7S2/c1-13-9-15(20(23)24)10-19(14(13)2)31(27,28)22-16-5-3-7-18(11-16)30(25,26)21-12-17-6-4-8-29-17/h3-11,21-22H,12H2,1-2H3,(H,23,24). The van der Waals surface area contributed by atoms with Crippen molar-refractivity contribution in [3.8, 4) is 0 Å². The average Bonchev–Trinajstić information content (AvgIpc) is 3.22. The lowest BCUT2D eigenvalue weighted by Gasteiger charge is -2.14. The first-order valence-electron chi connectivity index (χ1n) is 8.99. The van der Waals surface area contributed by atoms with Gasteiger partial charge in [0, 0.05) is 0 Å². The zero-order valence-corrected chi connectivity index (χ0v) is 18.2. The van der Waals surface area contributed by atoms with Crippen molar-refractivity contribution in [3.05, 3.63) is 77.2 Å². The van der Waals surface area contributed by atoms with E-state index in [1.807, 2.05) is 0 Å². The molecule has 0 aliphatic carbocycles. The van der Waals surface area contributed by atoms with Crippen molar-refractivity contribution in [3.63, 3.8) is 0 Å². The second-order valence-corrected chi connectivity index (χ2v) is 10.2. The molecule has 3 aromatic rings. The SMILES string of the molecule is Cc1cc(C(=O)O)cc(S(=O)(=O)Nc2cccc(S(=O)(=O)NCc3ccco3)c2)c1C. The average molecular weight is 465 g/mol. The molecule has 1 heterocycles. The number of sulfonamides is 2. The van der Waals surface area contributed by atoms with Gasteiger partial charge in [-0.1, -0.05) is 6.07 Å². The summed E-state index contributed by atoms with van der Waals surface area (Å²) in [6.07, 6.45) is 1.42. The van der Waals surface area contributed by atoms with Crippen LogP contribution in [-0.2, 0) is 26.6 Å². The molecule has 0 unspecified atom stereocenters. The number of furan rings is 1. The summed E-state index contributed by atoms with van der Waals surface area (Å²) < 4.78 is 60.7. The number of carboxylic acids is 1. The van der Waals surface area contributed by atoms with E-state index in [2.05, 4.69) is 9.44 Å². The number of rotatable bonds is 8. The van der Waals surface area contributed by atoms with Crippen molar-refractivity contribution in [2.75, 3.05) is 4.72 Å². The highest BCUT2D eigenvalue weighted by Gasteiger charge is 2.22. The molecule has 0 fully saturated rings. The van der Waals surface area contributed by atoms with Crippen LogP contribution in [0.5, 0.6) is 0 Å².